The first kappa shape index (κ1) is 14.3. The Balaban J connectivity index is 2.64. The summed E-state index contributed by atoms with van der Waals surface area (Å²) in [6.07, 6.45) is 1.10. The van der Waals surface area contributed by atoms with Gasteiger partial charge in [-0.2, -0.15) is 0 Å². The minimum Gasteiger partial charge on any atom is -0.492 e. The van der Waals surface area contributed by atoms with Gasteiger partial charge in [0.05, 0.1) is 11.6 Å². The van der Waals surface area contributed by atoms with Crippen LogP contribution in [-0.4, -0.2) is 12.1 Å². The van der Waals surface area contributed by atoms with Gasteiger partial charge >= 0.3 is 0 Å². The largest absolute Gasteiger partial charge is 0.492 e. The van der Waals surface area contributed by atoms with Crippen LogP contribution in [0.5, 0.6) is 5.75 Å². The first-order valence-electron chi connectivity index (χ1n) is 6.14. The first-order valence-corrected chi connectivity index (χ1v) is 6.52. The van der Waals surface area contributed by atoms with Crippen molar-refractivity contribution in [2.24, 2.45) is 0 Å². The van der Waals surface area contributed by atoms with Gasteiger partial charge < -0.3 is 10.1 Å². The van der Waals surface area contributed by atoms with Gasteiger partial charge in [-0.1, -0.05) is 24.6 Å². The minimum atomic E-state index is 0.158. The van der Waals surface area contributed by atoms with Crippen molar-refractivity contribution in [2.75, 3.05) is 6.61 Å². The van der Waals surface area contributed by atoms with Crippen molar-refractivity contribution in [1.82, 2.24) is 5.32 Å². The standard InChI is InChI=1S/C14H22ClNO/c1-5-14(3,4)16-10-11-7-8-13(17-6-2)12(15)9-11/h7-9,16H,5-6,10H2,1-4H3. The monoisotopic (exact) mass is 255 g/mol. The number of rotatable bonds is 6. The van der Waals surface area contributed by atoms with Crippen LogP contribution in [-0.2, 0) is 6.54 Å². The highest BCUT2D eigenvalue weighted by molar-refractivity contribution is 6.32. The Morgan fingerprint density at radius 1 is 1.29 bits per heavy atom. The van der Waals surface area contributed by atoms with Crippen LogP contribution in [0.3, 0.4) is 0 Å². The molecular weight excluding hydrogens is 234 g/mol. The Labute approximate surface area is 109 Å². The molecule has 17 heavy (non-hydrogen) atoms. The van der Waals surface area contributed by atoms with E-state index in [1.165, 1.54) is 5.56 Å². The molecule has 1 N–H and O–H groups in total. The fourth-order valence-corrected chi connectivity index (χ4v) is 1.65. The van der Waals surface area contributed by atoms with Crippen molar-refractivity contribution in [2.45, 2.75) is 46.2 Å². The van der Waals surface area contributed by atoms with Crippen LogP contribution in [0, 0.1) is 0 Å². The van der Waals surface area contributed by atoms with E-state index in [-0.39, 0.29) is 5.54 Å². The molecule has 0 heterocycles. The molecule has 0 aliphatic heterocycles. The van der Waals surface area contributed by atoms with E-state index in [1.54, 1.807) is 0 Å². The fourth-order valence-electron chi connectivity index (χ4n) is 1.39. The summed E-state index contributed by atoms with van der Waals surface area (Å²) < 4.78 is 5.41. The fraction of sp³-hybridized carbons (Fsp3) is 0.571. The highest BCUT2D eigenvalue weighted by Crippen LogP contribution is 2.25. The summed E-state index contributed by atoms with van der Waals surface area (Å²) in [5.74, 6) is 0.757. The van der Waals surface area contributed by atoms with Crippen molar-refractivity contribution >= 4 is 11.6 Å². The van der Waals surface area contributed by atoms with Crippen molar-refractivity contribution in [3.8, 4) is 5.75 Å². The number of ether oxygens (including phenoxy) is 1. The molecule has 0 saturated heterocycles. The zero-order valence-corrected chi connectivity index (χ0v) is 11.9. The molecule has 0 amide bonds. The third kappa shape index (κ3) is 4.57. The van der Waals surface area contributed by atoms with E-state index in [4.69, 9.17) is 16.3 Å². The molecule has 0 atom stereocenters. The van der Waals surface area contributed by atoms with E-state index >= 15 is 0 Å². The quantitative estimate of drug-likeness (QED) is 0.829. The molecule has 1 aromatic rings. The van der Waals surface area contributed by atoms with Gasteiger partial charge in [-0.3, -0.25) is 0 Å². The van der Waals surface area contributed by atoms with Crippen LogP contribution in [0.15, 0.2) is 18.2 Å². The summed E-state index contributed by atoms with van der Waals surface area (Å²) in [4.78, 5) is 0. The van der Waals surface area contributed by atoms with Gasteiger partial charge in [0.2, 0.25) is 0 Å². The molecule has 0 fully saturated rings. The average Bonchev–Trinajstić information content (AvgIpc) is 2.30. The maximum atomic E-state index is 6.14. The number of halogens is 1. The van der Waals surface area contributed by atoms with Gasteiger partial charge in [0.25, 0.3) is 0 Å². The second-order valence-electron chi connectivity index (χ2n) is 4.79. The highest BCUT2D eigenvalue weighted by Gasteiger charge is 2.13. The molecule has 2 nitrogen and oxygen atoms in total. The molecule has 0 aromatic heterocycles. The topological polar surface area (TPSA) is 21.3 Å². The molecule has 0 saturated carbocycles. The molecule has 0 aliphatic rings. The lowest BCUT2D eigenvalue weighted by Crippen LogP contribution is -2.37. The Kier molecular flexibility index (Phi) is 5.29. The normalized spacial score (nSPS) is 11.6. The second kappa shape index (κ2) is 6.27. The smallest absolute Gasteiger partial charge is 0.137 e. The van der Waals surface area contributed by atoms with E-state index in [0.29, 0.717) is 11.6 Å². The van der Waals surface area contributed by atoms with E-state index in [0.717, 1.165) is 18.7 Å². The molecular formula is C14H22ClNO. The van der Waals surface area contributed by atoms with Gasteiger partial charge in [0, 0.05) is 12.1 Å². The molecule has 0 radical (unpaired) electrons. The lowest BCUT2D eigenvalue weighted by atomic mass is 10.0. The highest BCUT2D eigenvalue weighted by atomic mass is 35.5. The molecule has 3 heteroatoms. The summed E-state index contributed by atoms with van der Waals surface area (Å²) >= 11 is 6.14. The molecule has 0 aliphatic carbocycles. The van der Waals surface area contributed by atoms with Gasteiger partial charge in [0.1, 0.15) is 5.75 Å². The second-order valence-corrected chi connectivity index (χ2v) is 5.20. The van der Waals surface area contributed by atoms with Gasteiger partial charge in [-0.25, -0.2) is 0 Å². The molecule has 0 spiro atoms. The Morgan fingerprint density at radius 2 is 2.00 bits per heavy atom. The van der Waals surface area contributed by atoms with Gasteiger partial charge in [-0.15, -0.1) is 0 Å². The van der Waals surface area contributed by atoms with E-state index in [2.05, 4.69) is 32.2 Å². The van der Waals surface area contributed by atoms with Gasteiger partial charge in [0.15, 0.2) is 0 Å². The van der Waals surface area contributed by atoms with Crippen LogP contribution in [0.4, 0.5) is 0 Å². The third-order valence-electron chi connectivity index (χ3n) is 2.95. The minimum absolute atomic E-state index is 0.158. The predicted octanol–water partition coefficient (Wildman–Crippen LogP) is 4.02. The molecule has 0 bridgehead atoms. The maximum absolute atomic E-state index is 6.14. The molecule has 96 valence electrons. The van der Waals surface area contributed by atoms with Crippen molar-refractivity contribution in [3.63, 3.8) is 0 Å². The van der Waals surface area contributed by atoms with E-state index < -0.39 is 0 Å². The molecule has 1 rings (SSSR count). The Hall–Kier alpha value is -0.730. The van der Waals surface area contributed by atoms with Crippen molar-refractivity contribution < 1.29 is 4.74 Å². The number of hydrogen-bond donors (Lipinski definition) is 1. The SMILES string of the molecule is CCOc1ccc(CNC(C)(C)CC)cc1Cl. The first-order chi connectivity index (χ1) is 7.98. The Morgan fingerprint density at radius 3 is 2.53 bits per heavy atom. The predicted molar refractivity (Wildman–Crippen MR) is 73.8 cm³/mol. The van der Waals surface area contributed by atoms with Crippen LogP contribution >= 0.6 is 11.6 Å². The van der Waals surface area contributed by atoms with Crippen LogP contribution in [0.25, 0.3) is 0 Å². The average molecular weight is 256 g/mol. The summed E-state index contributed by atoms with van der Waals surface area (Å²) in [5, 5.41) is 4.19. The van der Waals surface area contributed by atoms with E-state index in [1.807, 2.05) is 19.1 Å². The van der Waals surface area contributed by atoms with Crippen molar-refractivity contribution in [3.05, 3.63) is 28.8 Å². The zero-order chi connectivity index (χ0) is 12.9. The lowest BCUT2D eigenvalue weighted by molar-refractivity contribution is 0.340. The maximum Gasteiger partial charge on any atom is 0.137 e. The molecule has 0 unspecified atom stereocenters. The number of nitrogens with one attached hydrogen (secondary N) is 1. The Bertz CT molecular complexity index is 363. The number of hydrogen-bond acceptors (Lipinski definition) is 2. The third-order valence-corrected chi connectivity index (χ3v) is 3.25. The summed E-state index contributed by atoms with van der Waals surface area (Å²) in [5.41, 5.74) is 1.34. The number of benzene rings is 1. The lowest BCUT2D eigenvalue weighted by Gasteiger charge is -2.24. The molecule has 1 aromatic carbocycles. The van der Waals surface area contributed by atoms with Crippen molar-refractivity contribution in [1.29, 1.82) is 0 Å². The van der Waals surface area contributed by atoms with Gasteiger partial charge in [-0.05, 0) is 44.9 Å². The van der Waals surface area contributed by atoms with Crippen LogP contribution in [0.1, 0.15) is 39.7 Å². The zero-order valence-electron chi connectivity index (χ0n) is 11.1. The van der Waals surface area contributed by atoms with Crippen LogP contribution < -0.4 is 10.1 Å². The summed E-state index contributed by atoms with van der Waals surface area (Å²) in [6, 6.07) is 5.95. The van der Waals surface area contributed by atoms with E-state index in [9.17, 15) is 0 Å². The summed E-state index contributed by atoms with van der Waals surface area (Å²) in [7, 11) is 0. The summed E-state index contributed by atoms with van der Waals surface area (Å²) in [6.45, 7) is 9.99. The van der Waals surface area contributed by atoms with Crippen LogP contribution in [0.2, 0.25) is 5.02 Å².